The predicted octanol–water partition coefficient (Wildman–Crippen LogP) is 7.20. The molecule has 2 fully saturated rings. The first-order chi connectivity index (χ1) is 14.5. The highest BCUT2D eigenvalue weighted by molar-refractivity contribution is 5.13. The van der Waals surface area contributed by atoms with Crippen LogP contribution in [0.1, 0.15) is 85.5 Å². The molecular weight excluding hydrogens is 434 g/mol. The van der Waals surface area contributed by atoms with E-state index in [1.807, 2.05) is 6.92 Å². The van der Waals surface area contributed by atoms with E-state index in [9.17, 15) is 36.6 Å². The van der Waals surface area contributed by atoms with Gasteiger partial charge < -0.3 is 10.2 Å². The molecule has 0 saturated heterocycles. The van der Waals surface area contributed by atoms with Crippen molar-refractivity contribution in [3.8, 4) is 0 Å². The van der Waals surface area contributed by atoms with Crippen molar-refractivity contribution in [2.45, 2.75) is 110 Å². The Kier molecular flexibility index (Phi) is 8.14. The van der Waals surface area contributed by atoms with E-state index in [1.165, 1.54) is 0 Å². The van der Waals surface area contributed by atoms with Crippen LogP contribution in [0.2, 0.25) is 0 Å². The highest BCUT2D eigenvalue weighted by Crippen LogP contribution is 2.62. The molecule has 188 valence electrons. The van der Waals surface area contributed by atoms with E-state index in [0.717, 1.165) is 51.0 Å². The summed E-state index contributed by atoms with van der Waals surface area (Å²) >= 11 is 0. The lowest BCUT2D eigenvalue weighted by atomic mass is 9.56. The molecule has 2 rings (SSSR count). The molecule has 2 nitrogen and oxygen atoms in total. The minimum absolute atomic E-state index is 0.0165. The number of aliphatic hydroxyl groups is 2. The smallest absolute Gasteiger partial charge is 0.393 e. The van der Waals surface area contributed by atoms with Crippen molar-refractivity contribution < 1.29 is 36.6 Å². The molecule has 0 aliphatic heterocycles. The fourth-order valence-electron chi connectivity index (χ4n) is 6.47. The summed E-state index contributed by atoms with van der Waals surface area (Å²) in [5, 5.41) is 20.0. The number of aliphatic hydroxyl groups excluding tert-OH is 1. The molecule has 2 aliphatic rings. The SMILES string of the molecule is CC(C)CCC[C@@](C)(C/C=C/C(O)(C(F)(F)F)C(F)(F)F)[C@H]1CCC2[C@@H](O)CCC[C@@]21C. The second kappa shape index (κ2) is 9.47. The van der Waals surface area contributed by atoms with E-state index in [0.29, 0.717) is 12.3 Å². The van der Waals surface area contributed by atoms with E-state index in [-0.39, 0.29) is 29.7 Å². The summed E-state index contributed by atoms with van der Waals surface area (Å²) in [4.78, 5) is 0. The van der Waals surface area contributed by atoms with E-state index in [1.54, 1.807) is 0 Å². The first kappa shape index (κ1) is 27.5. The standard InChI is InChI=1S/C24H38F6O2/c1-16(2)8-5-12-20(3,13-7-15-22(32,23(25,26)27)24(28,29)30)19-11-10-17-18(31)9-6-14-21(17,19)4/h7,15-19,31-32H,5-6,8-14H2,1-4H3/b15-7+/t17?,18-,19+,20-,21-/m0/s1. The van der Waals surface area contributed by atoms with Crippen molar-refractivity contribution in [3.63, 3.8) is 0 Å². The summed E-state index contributed by atoms with van der Waals surface area (Å²) in [7, 11) is 0. The fourth-order valence-corrected chi connectivity index (χ4v) is 6.47. The van der Waals surface area contributed by atoms with Crippen LogP contribution in [0.3, 0.4) is 0 Å². The van der Waals surface area contributed by atoms with Crippen LogP contribution in [0, 0.1) is 28.6 Å². The predicted molar refractivity (Wildman–Crippen MR) is 112 cm³/mol. The van der Waals surface area contributed by atoms with Crippen LogP contribution in [-0.4, -0.2) is 34.3 Å². The summed E-state index contributed by atoms with van der Waals surface area (Å²) in [5.41, 5.74) is -5.57. The molecule has 0 aromatic carbocycles. The van der Waals surface area contributed by atoms with Crippen LogP contribution in [0.15, 0.2) is 12.2 Å². The molecule has 0 amide bonds. The molecule has 0 radical (unpaired) electrons. The Bertz CT molecular complexity index is 642. The monoisotopic (exact) mass is 472 g/mol. The first-order valence-electron chi connectivity index (χ1n) is 11.7. The molecule has 0 heterocycles. The number of alkyl halides is 6. The average molecular weight is 473 g/mol. The maximum Gasteiger partial charge on any atom is 0.429 e. The van der Waals surface area contributed by atoms with Crippen LogP contribution in [0.4, 0.5) is 26.3 Å². The lowest BCUT2D eigenvalue weighted by Crippen LogP contribution is -2.55. The summed E-state index contributed by atoms with van der Waals surface area (Å²) in [6, 6.07) is 0. The number of allylic oxidation sites excluding steroid dienone is 1. The Balaban J connectivity index is 2.33. The molecule has 0 aromatic heterocycles. The van der Waals surface area contributed by atoms with Gasteiger partial charge in [0.15, 0.2) is 0 Å². The molecule has 5 atom stereocenters. The van der Waals surface area contributed by atoms with Crippen LogP contribution < -0.4 is 0 Å². The molecule has 0 bridgehead atoms. The van der Waals surface area contributed by atoms with Crippen LogP contribution >= 0.6 is 0 Å². The molecule has 0 spiro atoms. The van der Waals surface area contributed by atoms with Gasteiger partial charge in [0.2, 0.25) is 0 Å². The van der Waals surface area contributed by atoms with Crippen molar-refractivity contribution in [1.29, 1.82) is 0 Å². The summed E-state index contributed by atoms with van der Waals surface area (Å²) < 4.78 is 78.5. The van der Waals surface area contributed by atoms with Crippen molar-refractivity contribution in [1.82, 2.24) is 0 Å². The van der Waals surface area contributed by atoms with Gasteiger partial charge in [0, 0.05) is 0 Å². The van der Waals surface area contributed by atoms with Crippen LogP contribution in [-0.2, 0) is 0 Å². The third-order valence-corrected chi connectivity index (χ3v) is 8.27. The minimum atomic E-state index is -5.85. The molecule has 2 saturated carbocycles. The first-order valence-corrected chi connectivity index (χ1v) is 11.7. The van der Waals surface area contributed by atoms with E-state index in [2.05, 4.69) is 20.8 Å². The molecule has 0 aromatic rings. The normalized spacial score (nSPS) is 31.8. The van der Waals surface area contributed by atoms with Crippen LogP contribution in [0.25, 0.3) is 0 Å². The Morgan fingerprint density at radius 3 is 2.16 bits per heavy atom. The number of hydrogen-bond acceptors (Lipinski definition) is 2. The van der Waals surface area contributed by atoms with Crippen molar-refractivity contribution in [3.05, 3.63) is 12.2 Å². The van der Waals surface area contributed by atoms with Crippen molar-refractivity contribution in [2.24, 2.45) is 28.6 Å². The third kappa shape index (κ3) is 5.31. The van der Waals surface area contributed by atoms with Crippen LogP contribution in [0.5, 0.6) is 0 Å². The van der Waals surface area contributed by atoms with Gasteiger partial charge in [0.05, 0.1) is 6.10 Å². The molecular formula is C24H38F6O2. The van der Waals surface area contributed by atoms with Gasteiger partial charge in [0.25, 0.3) is 5.60 Å². The van der Waals surface area contributed by atoms with Gasteiger partial charge in [-0.1, -0.05) is 53.0 Å². The highest BCUT2D eigenvalue weighted by Gasteiger charge is 2.69. The summed E-state index contributed by atoms with van der Waals surface area (Å²) in [5.74, 6) is 0.632. The quantitative estimate of drug-likeness (QED) is 0.290. The maximum atomic E-state index is 13.1. The van der Waals surface area contributed by atoms with Gasteiger partial charge in [-0.3, -0.25) is 0 Å². The summed E-state index contributed by atoms with van der Waals surface area (Å²) in [6.45, 7) is 8.24. The number of fused-ring (bicyclic) bond motifs is 1. The van der Waals surface area contributed by atoms with E-state index < -0.39 is 29.5 Å². The van der Waals surface area contributed by atoms with E-state index in [4.69, 9.17) is 0 Å². The molecule has 8 heteroatoms. The third-order valence-electron chi connectivity index (χ3n) is 8.27. The van der Waals surface area contributed by atoms with Gasteiger partial charge in [-0.2, -0.15) is 26.3 Å². The molecule has 32 heavy (non-hydrogen) atoms. The van der Waals surface area contributed by atoms with Gasteiger partial charge in [-0.15, -0.1) is 0 Å². The maximum absolute atomic E-state index is 13.1. The zero-order chi connectivity index (χ0) is 24.6. The van der Waals surface area contributed by atoms with Crippen molar-refractivity contribution in [2.75, 3.05) is 0 Å². The van der Waals surface area contributed by atoms with Gasteiger partial charge in [-0.25, -0.2) is 0 Å². The lowest BCUT2D eigenvalue weighted by Gasteiger charge is -2.50. The topological polar surface area (TPSA) is 40.5 Å². The zero-order valence-corrected chi connectivity index (χ0v) is 19.5. The minimum Gasteiger partial charge on any atom is -0.393 e. The van der Waals surface area contributed by atoms with Gasteiger partial charge in [-0.05, 0) is 73.2 Å². The van der Waals surface area contributed by atoms with E-state index >= 15 is 0 Å². The Morgan fingerprint density at radius 2 is 1.62 bits per heavy atom. The zero-order valence-electron chi connectivity index (χ0n) is 19.5. The number of halogens is 6. The Morgan fingerprint density at radius 1 is 1.03 bits per heavy atom. The Hall–Kier alpha value is -0.760. The fraction of sp³-hybridized carbons (Fsp3) is 0.917. The molecule has 2 aliphatic carbocycles. The highest BCUT2D eigenvalue weighted by atomic mass is 19.4. The van der Waals surface area contributed by atoms with Gasteiger partial charge in [0.1, 0.15) is 0 Å². The second-order valence-electron chi connectivity index (χ2n) is 11.0. The van der Waals surface area contributed by atoms with Gasteiger partial charge >= 0.3 is 12.4 Å². The Labute approximate surface area is 187 Å². The number of rotatable bonds is 8. The molecule has 2 N–H and O–H groups in total. The molecule has 1 unspecified atom stereocenters. The lowest BCUT2D eigenvalue weighted by molar-refractivity contribution is -0.347. The largest absolute Gasteiger partial charge is 0.429 e. The van der Waals surface area contributed by atoms with Crippen molar-refractivity contribution >= 4 is 0 Å². The number of hydrogen-bond donors (Lipinski definition) is 2. The second-order valence-corrected chi connectivity index (χ2v) is 11.0. The summed E-state index contributed by atoms with van der Waals surface area (Å²) in [6.07, 6.45) is -4.79. The average Bonchev–Trinajstić information content (AvgIpc) is 2.98.